The van der Waals surface area contributed by atoms with E-state index in [4.69, 9.17) is 15.6 Å². The predicted molar refractivity (Wildman–Crippen MR) is 89.3 cm³/mol. The smallest absolute Gasteiger partial charge is 0.475 e. The summed E-state index contributed by atoms with van der Waals surface area (Å²) in [5, 5.41) is 9.20. The highest BCUT2D eigenvalue weighted by molar-refractivity contribution is 9.10. The highest BCUT2D eigenvalue weighted by Gasteiger charge is 2.38. The zero-order chi connectivity index (χ0) is 17.9. The maximum absolute atomic E-state index is 10.6. The zero-order valence-electron chi connectivity index (χ0n) is 12.0. The lowest BCUT2D eigenvalue weighted by molar-refractivity contribution is -0.192. The Balaban J connectivity index is 0.000000256. The number of alkyl halides is 3. The molecule has 24 heavy (non-hydrogen) atoms. The largest absolute Gasteiger partial charge is 0.490 e. The maximum Gasteiger partial charge on any atom is 0.490 e. The van der Waals surface area contributed by atoms with Crippen LogP contribution in [0.25, 0.3) is 0 Å². The number of aliphatic carboxylic acids is 1. The van der Waals surface area contributed by atoms with Gasteiger partial charge >= 0.3 is 12.1 Å². The van der Waals surface area contributed by atoms with Crippen molar-refractivity contribution in [2.45, 2.75) is 18.6 Å². The molecule has 1 aromatic carbocycles. The zero-order valence-corrected chi connectivity index (χ0v) is 14.5. The van der Waals surface area contributed by atoms with Gasteiger partial charge in [-0.05, 0) is 34.7 Å². The van der Waals surface area contributed by atoms with Crippen LogP contribution in [0.1, 0.15) is 22.0 Å². The molecule has 1 aliphatic rings. The van der Waals surface area contributed by atoms with Crippen molar-refractivity contribution in [3.05, 3.63) is 56.2 Å². The van der Waals surface area contributed by atoms with Gasteiger partial charge in [0.1, 0.15) is 5.84 Å². The van der Waals surface area contributed by atoms with Crippen molar-refractivity contribution < 1.29 is 23.1 Å². The second-order valence-corrected chi connectivity index (χ2v) is 6.70. The number of carboxylic acid groups (broad SMARTS) is 1. The summed E-state index contributed by atoms with van der Waals surface area (Å²) in [6.07, 6.45) is -4.14. The molecule has 0 fully saturated rings. The van der Waals surface area contributed by atoms with Gasteiger partial charge < -0.3 is 10.8 Å². The fraction of sp³-hybridized carbons (Fsp3) is 0.200. The summed E-state index contributed by atoms with van der Waals surface area (Å²) < 4.78 is 32.8. The Labute approximate surface area is 148 Å². The Hall–Kier alpha value is -1.87. The van der Waals surface area contributed by atoms with Crippen LogP contribution in [0.3, 0.4) is 0 Å². The van der Waals surface area contributed by atoms with Gasteiger partial charge in [-0.15, -0.1) is 11.3 Å². The van der Waals surface area contributed by atoms with E-state index in [1.165, 1.54) is 11.1 Å². The Morgan fingerprint density at radius 3 is 2.62 bits per heavy atom. The molecule has 0 bridgehead atoms. The fourth-order valence-corrected chi connectivity index (χ4v) is 3.37. The van der Waals surface area contributed by atoms with Crippen molar-refractivity contribution in [3.63, 3.8) is 0 Å². The Morgan fingerprint density at radius 1 is 1.38 bits per heavy atom. The standard InChI is InChI=1S/C13H11BrN2S.C2HF3O2/c14-10-3-1-2-8(6-10)11-7-9-4-5-17-12(9)13(15)16-11;3-2(4,5)1(6)7/h1-6,11H,7H2,(H2,15,16);(H,6,7). The van der Waals surface area contributed by atoms with Crippen molar-refractivity contribution >= 4 is 39.1 Å². The number of fused-ring (bicyclic) bond motifs is 1. The summed E-state index contributed by atoms with van der Waals surface area (Å²) in [6, 6.07) is 10.6. The number of nitrogens with zero attached hydrogens (tertiary/aromatic N) is 1. The molecule has 9 heteroatoms. The first-order valence-corrected chi connectivity index (χ1v) is 8.31. The molecule has 0 aliphatic carbocycles. The quantitative estimate of drug-likeness (QED) is 0.727. The van der Waals surface area contributed by atoms with Crippen LogP contribution in [-0.4, -0.2) is 23.1 Å². The number of carboxylic acids is 1. The van der Waals surface area contributed by atoms with E-state index < -0.39 is 12.1 Å². The molecule has 2 aromatic rings. The van der Waals surface area contributed by atoms with Gasteiger partial charge in [-0.2, -0.15) is 13.2 Å². The second-order valence-electron chi connectivity index (χ2n) is 4.87. The molecule has 1 aliphatic heterocycles. The molecule has 1 unspecified atom stereocenters. The molecule has 0 radical (unpaired) electrons. The van der Waals surface area contributed by atoms with Crippen LogP contribution in [0.15, 0.2) is 45.2 Å². The molecule has 3 rings (SSSR count). The average molecular weight is 421 g/mol. The molecule has 0 amide bonds. The molecule has 0 saturated carbocycles. The van der Waals surface area contributed by atoms with Crippen LogP contribution in [0, 0.1) is 0 Å². The van der Waals surface area contributed by atoms with E-state index in [0.29, 0.717) is 5.84 Å². The van der Waals surface area contributed by atoms with Crippen molar-refractivity contribution in [1.82, 2.24) is 0 Å². The van der Waals surface area contributed by atoms with Crippen molar-refractivity contribution in [2.75, 3.05) is 0 Å². The average Bonchev–Trinajstić information content (AvgIpc) is 2.96. The summed E-state index contributed by atoms with van der Waals surface area (Å²) in [6.45, 7) is 0. The summed E-state index contributed by atoms with van der Waals surface area (Å²) in [5.41, 5.74) is 8.53. The van der Waals surface area contributed by atoms with Crippen LogP contribution in [0.5, 0.6) is 0 Å². The topological polar surface area (TPSA) is 75.7 Å². The van der Waals surface area contributed by atoms with E-state index >= 15 is 0 Å². The van der Waals surface area contributed by atoms with Crippen LogP contribution < -0.4 is 5.73 Å². The van der Waals surface area contributed by atoms with Gasteiger partial charge in [0.25, 0.3) is 0 Å². The van der Waals surface area contributed by atoms with Crippen LogP contribution >= 0.6 is 27.3 Å². The van der Waals surface area contributed by atoms with Crippen molar-refractivity contribution in [1.29, 1.82) is 0 Å². The minimum Gasteiger partial charge on any atom is -0.475 e. The summed E-state index contributed by atoms with van der Waals surface area (Å²) in [7, 11) is 0. The summed E-state index contributed by atoms with van der Waals surface area (Å²) in [5.74, 6) is -2.08. The third kappa shape index (κ3) is 4.57. The van der Waals surface area contributed by atoms with E-state index in [2.05, 4.69) is 44.5 Å². The minimum absolute atomic E-state index is 0.148. The van der Waals surface area contributed by atoms with Gasteiger partial charge in [0.2, 0.25) is 0 Å². The van der Waals surface area contributed by atoms with Gasteiger partial charge in [-0.1, -0.05) is 28.1 Å². The number of aliphatic imine (C=N–C) groups is 1. The highest BCUT2D eigenvalue weighted by Crippen LogP contribution is 2.32. The molecule has 128 valence electrons. The minimum atomic E-state index is -5.08. The third-order valence-electron chi connectivity index (χ3n) is 3.16. The number of thiophene rings is 1. The predicted octanol–water partition coefficient (Wildman–Crippen LogP) is 4.15. The molecule has 0 spiro atoms. The molecule has 1 aromatic heterocycles. The number of hydrogen-bond donors (Lipinski definition) is 2. The van der Waals surface area contributed by atoms with Gasteiger partial charge in [0, 0.05) is 10.9 Å². The Morgan fingerprint density at radius 2 is 2.04 bits per heavy atom. The van der Waals surface area contributed by atoms with E-state index in [9.17, 15) is 13.2 Å². The second kappa shape index (κ2) is 7.35. The molecular formula is C15H12BrF3N2O2S. The van der Waals surface area contributed by atoms with Crippen LogP contribution in [-0.2, 0) is 11.2 Å². The summed E-state index contributed by atoms with van der Waals surface area (Å²) in [4.78, 5) is 14.6. The lowest BCUT2D eigenvalue weighted by Crippen LogP contribution is -2.21. The third-order valence-corrected chi connectivity index (χ3v) is 4.64. The normalized spacial score (nSPS) is 16.5. The van der Waals surface area contributed by atoms with E-state index in [1.54, 1.807) is 11.3 Å². The molecular weight excluding hydrogens is 409 g/mol. The number of rotatable bonds is 1. The first-order chi connectivity index (χ1) is 11.2. The molecule has 1 atom stereocenters. The summed E-state index contributed by atoms with van der Waals surface area (Å²) >= 11 is 5.16. The molecule has 2 heterocycles. The fourth-order valence-electron chi connectivity index (χ4n) is 2.11. The van der Waals surface area contributed by atoms with E-state index in [1.807, 2.05) is 12.1 Å². The lowest BCUT2D eigenvalue weighted by Gasteiger charge is -2.19. The first-order valence-electron chi connectivity index (χ1n) is 6.64. The Kier molecular flexibility index (Phi) is 5.66. The Bertz CT molecular complexity index is 774. The number of carbonyl (C=O) groups is 1. The lowest BCUT2D eigenvalue weighted by atomic mass is 9.97. The first kappa shape index (κ1) is 18.5. The number of hydrogen-bond acceptors (Lipinski definition) is 4. The van der Waals surface area contributed by atoms with Gasteiger partial charge in [-0.3, -0.25) is 4.99 Å². The molecule has 0 saturated heterocycles. The maximum atomic E-state index is 10.6. The van der Waals surface area contributed by atoms with Gasteiger partial charge in [0.15, 0.2) is 0 Å². The van der Waals surface area contributed by atoms with Crippen LogP contribution in [0.4, 0.5) is 13.2 Å². The number of benzene rings is 1. The van der Waals surface area contributed by atoms with Gasteiger partial charge in [0.05, 0.1) is 10.9 Å². The number of nitrogens with two attached hydrogens (primary N) is 1. The SMILES string of the molecule is NC1=NC(c2cccc(Br)c2)Cc2ccsc21.O=C(O)C(F)(F)F. The van der Waals surface area contributed by atoms with Crippen LogP contribution in [0.2, 0.25) is 0 Å². The highest BCUT2D eigenvalue weighted by atomic mass is 79.9. The molecule has 4 nitrogen and oxygen atoms in total. The molecule has 3 N–H and O–H groups in total. The number of halogens is 4. The van der Waals surface area contributed by atoms with Gasteiger partial charge in [-0.25, -0.2) is 4.79 Å². The monoisotopic (exact) mass is 420 g/mol. The van der Waals surface area contributed by atoms with Crippen molar-refractivity contribution in [2.24, 2.45) is 10.7 Å². The van der Waals surface area contributed by atoms with Crippen molar-refractivity contribution in [3.8, 4) is 0 Å². The van der Waals surface area contributed by atoms with E-state index in [-0.39, 0.29) is 6.04 Å². The number of amidine groups is 1. The van der Waals surface area contributed by atoms with E-state index in [0.717, 1.165) is 15.8 Å².